The zero-order valence-corrected chi connectivity index (χ0v) is 18.5. The van der Waals surface area contributed by atoms with Gasteiger partial charge in [0.25, 0.3) is 5.56 Å². The van der Waals surface area contributed by atoms with Gasteiger partial charge < -0.3 is 5.11 Å². The molecular weight excluding hydrogens is 474 g/mol. The molecule has 0 bridgehead atoms. The fourth-order valence-corrected chi connectivity index (χ4v) is 4.65. The first kappa shape index (κ1) is 19.8. The molecule has 0 unspecified atom stereocenters. The maximum absolute atomic E-state index is 13.0. The summed E-state index contributed by atoms with van der Waals surface area (Å²) in [6.07, 6.45) is 1.82. The standard InChI is InChI=1S/C24H16BrN3O2S/c25-19-13-11-16(12-14-19)15-20-21(29)28-23(31-20)26-22(27-28)24(30,17-7-3-1-4-8-17)18-9-5-2-6-10-18/h1-15,30H/b20-15-. The highest BCUT2D eigenvalue weighted by atomic mass is 79.9. The first-order valence-corrected chi connectivity index (χ1v) is 11.2. The van der Waals surface area contributed by atoms with E-state index in [0.717, 1.165) is 10.0 Å². The molecule has 152 valence electrons. The van der Waals surface area contributed by atoms with E-state index in [0.29, 0.717) is 20.6 Å². The number of thiazole rings is 1. The SMILES string of the molecule is O=c1/c(=C/c2ccc(Br)cc2)sc2nc(C(O)(c3ccccc3)c3ccccc3)nn12. The number of aromatic nitrogens is 3. The van der Waals surface area contributed by atoms with Gasteiger partial charge in [-0.05, 0) is 34.9 Å². The summed E-state index contributed by atoms with van der Waals surface area (Å²) >= 11 is 4.66. The highest BCUT2D eigenvalue weighted by molar-refractivity contribution is 9.10. The molecule has 2 heterocycles. The van der Waals surface area contributed by atoms with E-state index in [1.807, 2.05) is 91.0 Å². The van der Waals surface area contributed by atoms with Crippen molar-refractivity contribution >= 4 is 38.3 Å². The van der Waals surface area contributed by atoms with Crippen LogP contribution in [-0.4, -0.2) is 19.7 Å². The number of benzene rings is 3. The molecule has 5 nitrogen and oxygen atoms in total. The molecule has 0 saturated carbocycles. The summed E-state index contributed by atoms with van der Waals surface area (Å²) in [7, 11) is 0. The maximum atomic E-state index is 13.0. The van der Waals surface area contributed by atoms with Crippen LogP contribution in [-0.2, 0) is 5.60 Å². The van der Waals surface area contributed by atoms with Gasteiger partial charge >= 0.3 is 0 Å². The van der Waals surface area contributed by atoms with Gasteiger partial charge in [-0.3, -0.25) is 4.79 Å². The molecule has 31 heavy (non-hydrogen) atoms. The van der Waals surface area contributed by atoms with E-state index in [-0.39, 0.29) is 11.4 Å². The molecule has 0 radical (unpaired) electrons. The second kappa shape index (κ2) is 7.85. The highest BCUT2D eigenvalue weighted by Crippen LogP contribution is 2.34. The van der Waals surface area contributed by atoms with Crippen LogP contribution >= 0.6 is 27.3 Å². The Kier molecular flexibility index (Phi) is 5.02. The van der Waals surface area contributed by atoms with Crippen LogP contribution in [0.2, 0.25) is 0 Å². The van der Waals surface area contributed by atoms with Crippen LogP contribution in [0.3, 0.4) is 0 Å². The molecule has 0 atom stereocenters. The average molecular weight is 490 g/mol. The van der Waals surface area contributed by atoms with E-state index in [1.165, 1.54) is 15.9 Å². The summed E-state index contributed by atoms with van der Waals surface area (Å²) in [6.45, 7) is 0. The van der Waals surface area contributed by atoms with Crippen molar-refractivity contribution in [1.29, 1.82) is 0 Å². The Morgan fingerprint density at radius 2 is 1.48 bits per heavy atom. The number of nitrogens with zero attached hydrogens (tertiary/aromatic N) is 3. The first-order chi connectivity index (χ1) is 15.1. The second-order valence-corrected chi connectivity index (χ2v) is 8.96. The summed E-state index contributed by atoms with van der Waals surface area (Å²) in [5.41, 5.74) is 0.346. The van der Waals surface area contributed by atoms with Crippen LogP contribution in [0.4, 0.5) is 0 Å². The Labute approximate surface area is 190 Å². The lowest BCUT2D eigenvalue weighted by molar-refractivity contribution is 0.116. The molecule has 0 fully saturated rings. The second-order valence-electron chi connectivity index (χ2n) is 7.04. The molecule has 1 N–H and O–H groups in total. The Balaban J connectivity index is 1.67. The van der Waals surface area contributed by atoms with Crippen molar-refractivity contribution in [2.45, 2.75) is 5.60 Å². The largest absolute Gasteiger partial charge is 0.373 e. The molecule has 2 aromatic heterocycles. The van der Waals surface area contributed by atoms with E-state index in [9.17, 15) is 9.90 Å². The summed E-state index contributed by atoms with van der Waals surface area (Å²) in [5.74, 6) is 0.170. The first-order valence-electron chi connectivity index (χ1n) is 9.56. The molecule has 3 aromatic carbocycles. The van der Waals surface area contributed by atoms with Gasteiger partial charge in [0.05, 0.1) is 4.53 Å². The third-order valence-corrected chi connectivity index (χ3v) is 6.54. The predicted molar refractivity (Wildman–Crippen MR) is 125 cm³/mol. The van der Waals surface area contributed by atoms with E-state index < -0.39 is 5.60 Å². The van der Waals surface area contributed by atoms with Crippen LogP contribution in [0, 0.1) is 0 Å². The van der Waals surface area contributed by atoms with E-state index in [1.54, 1.807) is 0 Å². The van der Waals surface area contributed by atoms with Crippen molar-refractivity contribution in [2.24, 2.45) is 0 Å². The van der Waals surface area contributed by atoms with Crippen LogP contribution in [0.5, 0.6) is 0 Å². The molecule has 5 aromatic rings. The molecule has 0 aliphatic heterocycles. The minimum absolute atomic E-state index is 0.170. The zero-order valence-electron chi connectivity index (χ0n) is 16.1. The lowest BCUT2D eigenvalue weighted by atomic mass is 9.86. The molecular formula is C24H16BrN3O2S. The van der Waals surface area contributed by atoms with Gasteiger partial charge in [-0.2, -0.15) is 9.50 Å². The minimum atomic E-state index is -1.57. The molecule has 0 amide bonds. The number of rotatable bonds is 4. The van der Waals surface area contributed by atoms with Crippen molar-refractivity contribution in [1.82, 2.24) is 14.6 Å². The average Bonchev–Trinajstić information content (AvgIpc) is 3.36. The summed E-state index contributed by atoms with van der Waals surface area (Å²) in [4.78, 5) is 18.0. The Morgan fingerprint density at radius 3 is 2.03 bits per heavy atom. The van der Waals surface area contributed by atoms with Gasteiger partial charge in [-0.1, -0.05) is 100 Å². The van der Waals surface area contributed by atoms with Gasteiger partial charge in [0.1, 0.15) is 0 Å². The molecule has 0 aliphatic carbocycles. The van der Waals surface area contributed by atoms with Crippen molar-refractivity contribution in [3.05, 3.63) is 127 Å². The number of hydrogen-bond acceptors (Lipinski definition) is 5. The Hall–Kier alpha value is -3.13. The number of aliphatic hydroxyl groups is 1. The number of halogens is 1. The van der Waals surface area contributed by atoms with Crippen LogP contribution in [0.25, 0.3) is 11.0 Å². The van der Waals surface area contributed by atoms with Crippen molar-refractivity contribution in [3.8, 4) is 0 Å². The van der Waals surface area contributed by atoms with E-state index in [4.69, 9.17) is 0 Å². The van der Waals surface area contributed by atoms with Crippen molar-refractivity contribution in [2.75, 3.05) is 0 Å². The molecule has 7 heteroatoms. The van der Waals surface area contributed by atoms with Crippen LogP contribution < -0.4 is 10.1 Å². The van der Waals surface area contributed by atoms with Gasteiger partial charge in [0.15, 0.2) is 11.4 Å². The monoisotopic (exact) mass is 489 g/mol. The maximum Gasteiger partial charge on any atom is 0.291 e. The lowest BCUT2D eigenvalue weighted by Gasteiger charge is -2.26. The van der Waals surface area contributed by atoms with Crippen LogP contribution in [0.15, 0.2) is 94.2 Å². The molecule has 0 aliphatic rings. The fourth-order valence-electron chi connectivity index (χ4n) is 3.48. The van der Waals surface area contributed by atoms with Gasteiger partial charge in [-0.25, -0.2) is 0 Å². The molecule has 0 spiro atoms. The summed E-state index contributed by atoms with van der Waals surface area (Å²) in [6, 6.07) is 26.2. The van der Waals surface area contributed by atoms with Gasteiger partial charge in [0, 0.05) is 4.47 Å². The van der Waals surface area contributed by atoms with Crippen molar-refractivity contribution in [3.63, 3.8) is 0 Å². The highest BCUT2D eigenvalue weighted by Gasteiger charge is 2.38. The quantitative estimate of drug-likeness (QED) is 0.417. The molecule has 0 saturated heterocycles. The number of hydrogen-bond donors (Lipinski definition) is 1. The van der Waals surface area contributed by atoms with Gasteiger partial charge in [0.2, 0.25) is 4.96 Å². The van der Waals surface area contributed by atoms with E-state index >= 15 is 0 Å². The van der Waals surface area contributed by atoms with Crippen molar-refractivity contribution < 1.29 is 5.11 Å². The van der Waals surface area contributed by atoms with E-state index in [2.05, 4.69) is 26.0 Å². The van der Waals surface area contributed by atoms with Crippen LogP contribution in [0.1, 0.15) is 22.5 Å². The zero-order chi connectivity index (χ0) is 21.4. The van der Waals surface area contributed by atoms with Gasteiger partial charge in [-0.15, -0.1) is 5.10 Å². The minimum Gasteiger partial charge on any atom is -0.373 e. The Morgan fingerprint density at radius 1 is 0.903 bits per heavy atom. The smallest absolute Gasteiger partial charge is 0.291 e. The molecule has 5 rings (SSSR count). The third-order valence-electron chi connectivity index (χ3n) is 5.06. The number of fused-ring (bicyclic) bond motifs is 1. The predicted octanol–water partition coefficient (Wildman–Crippen LogP) is 3.75. The summed E-state index contributed by atoms with van der Waals surface area (Å²) < 4.78 is 2.77. The fraction of sp³-hybridized carbons (Fsp3) is 0.0417. The third kappa shape index (κ3) is 3.50. The topological polar surface area (TPSA) is 67.5 Å². The lowest BCUT2D eigenvalue weighted by Crippen LogP contribution is -2.31. The summed E-state index contributed by atoms with van der Waals surface area (Å²) in [5, 5.41) is 16.3. The Bertz CT molecular complexity index is 1420. The normalized spacial score (nSPS) is 12.5.